The van der Waals surface area contributed by atoms with E-state index in [1.54, 1.807) is 0 Å². The summed E-state index contributed by atoms with van der Waals surface area (Å²) in [6.07, 6.45) is 85.4. The van der Waals surface area contributed by atoms with E-state index in [0.29, 0.717) is 19.3 Å². The lowest BCUT2D eigenvalue weighted by atomic mass is 10.0. The van der Waals surface area contributed by atoms with E-state index in [-0.39, 0.29) is 38.0 Å². The molecule has 0 amide bonds. The molecule has 0 N–H and O–H groups in total. The van der Waals surface area contributed by atoms with E-state index in [2.05, 4.69) is 167 Å². The van der Waals surface area contributed by atoms with Crippen LogP contribution in [0.25, 0.3) is 0 Å². The van der Waals surface area contributed by atoms with E-state index in [1.165, 1.54) is 57.8 Å². The fourth-order valence-corrected chi connectivity index (χ4v) is 7.10. The van der Waals surface area contributed by atoms with Crippen LogP contribution >= 0.6 is 0 Å². The van der Waals surface area contributed by atoms with Gasteiger partial charge in [-0.15, -0.1) is 0 Å². The highest BCUT2D eigenvalue weighted by atomic mass is 16.6. The summed E-state index contributed by atoms with van der Waals surface area (Å²) in [5, 5.41) is 0. The largest absolute Gasteiger partial charge is 0.462 e. The summed E-state index contributed by atoms with van der Waals surface area (Å²) >= 11 is 0. The van der Waals surface area contributed by atoms with E-state index >= 15 is 0 Å². The number of rotatable bonds is 49. The van der Waals surface area contributed by atoms with Crippen LogP contribution in [0.3, 0.4) is 0 Å². The summed E-state index contributed by atoms with van der Waals surface area (Å²) in [7, 11) is 0. The van der Waals surface area contributed by atoms with Crippen molar-refractivity contribution in [2.45, 2.75) is 226 Å². The predicted molar refractivity (Wildman–Crippen MR) is 311 cm³/mol. The quantitative estimate of drug-likeness (QED) is 0.0262. The summed E-state index contributed by atoms with van der Waals surface area (Å²) < 4.78 is 16.7. The topological polar surface area (TPSA) is 78.9 Å². The van der Waals surface area contributed by atoms with E-state index in [4.69, 9.17) is 14.2 Å². The number of ether oxygens (including phenoxy) is 3. The summed E-state index contributed by atoms with van der Waals surface area (Å²) in [6, 6.07) is 0. The first-order valence-electron chi connectivity index (χ1n) is 28.5. The third-order valence-electron chi connectivity index (χ3n) is 11.3. The van der Waals surface area contributed by atoms with E-state index < -0.39 is 12.1 Å². The maximum Gasteiger partial charge on any atom is 0.306 e. The number of esters is 3. The van der Waals surface area contributed by atoms with E-state index in [1.807, 2.05) is 12.2 Å². The molecule has 0 heterocycles. The molecule has 0 aliphatic heterocycles. The van der Waals surface area contributed by atoms with Crippen LogP contribution in [0.5, 0.6) is 0 Å². The van der Waals surface area contributed by atoms with Crippen molar-refractivity contribution < 1.29 is 28.6 Å². The summed E-state index contributed by atoms with van der Waals surface area (Å²) in [5.41, 5.74) is 0. The Bertz CT molecular complexity index is 1660. The second-order valence-electron chi connectivity index (χ2n) is 18.1. The smallest absolute Gasteiger partial charge is 0.306 e. The first-order chi connectivity index (χ1) is 35.5. The van der Waals surface area contributed by atoms with Crippen molar-refractivity contribution in [1.29, 1.82) is 0 Å². The molecule has 0 saturated carbocycles. The van der Waals surface area contributed by atoms with Gasteiger partial charge in [0.2, 0.25) is 0 Å². The molecule has 0 aromatic carbocycles. The van der Waals surface area contributed by atoms with Gasteiger partial charge in [0.15, 0.2) is 6.10 Å². The average Bonchev–Trinajstić information content (AvgIpc) is 3.38. The minimum atomic E-state index is -0.848. The maximum atomic E-state index is 12.8. The zero-order chi connectivity index (χ0) is 52.2. The first-order valence-corrected chi connectivity index (χ1v) is 28.5. The maximum absolute atomic E-state index is 12.8. The third kappa shape index (κ3) is 56.0. The molecule has 0 bridgehead atoms. The normalized spacial score (nSPS) is 13.3. The summed E-state index contributed by atoms with van der Waals surface area (Å²) in [5.74, 6) is -1.09. The molecular formula is C66H102O6. The number of allylic oxidation sites excluding steroid dienone is 26. The molecule has 0 aromatic rings. The number of hydrogen-bond donors (Lipinski definition) is 0. The number of hydrogen-bond acceptors (Lipinski definition) is 6. The Balaban J connectivity index is 4.60. The Labute approximate surface area is 441 Å². The van der Waals surface area contributed by atoms with Crippen molar-refractivity contribution >= 4 is 17.9 Å². The lowest BCUT2D eigenvalue weighted by Gasteiger charge is -2.18. The van der Waals surface area contributed by atoms with Gasteiger partial charge in [0.1, 0.15) is 13.2 Å². The molecule has 0 aliphatic rings. The molecule has 0 radical (unpaired) electrons. The van der Waals surface area contributed by atoms with Crippen LogP contribution < -0.4 is 0 Å². The van der Waals surface area contributed by atoms with Gasteiger partial charge in [-0.3, -0.25) is 14.4 Å². The van der Waals surface area contributed by atoms with Gasteiger partial charge in [-0.2, -0.15) is 0 Å². The van der Waals surface area contributed by atoms with Gasteiger partial charge in [0.05, 0.1) is 0 Å². The molecule has 0 aliphatic carbocycles. The predicted octanol–water partition coefficient (Wildman–Crippen LogP) is 19.4. The molecule has 6 heteroatoms. The molecule has 6 nitrogen and oxygen atoms in total. The Morgan fingerprint density at radius 3 is 0.903 bits per heavy atom. The highest BCUT2D eigenvalue weighted by Crippen LogP contribution is 2.13. The van der Waals surface area contributed by atoms with Crippen LogP contribution in [0.1, 0.15) is 220 Å². The summed E-state index contributed by atoms with van der Waals surface area (Å²) in [6.45, 7) is 6.28. The minimum absolute atomic E-state index is 0.132. The highest BCUT2D eigenvalue weighted by Gasteiger charge is 2.19. The number of carbonyl (C=O) groups excluding carboxylic acids is 3. The van der Waals surface area contributed by atoms with Crippen LogP contribution in [0.4, 0.5) is 0 Å². The van der Waals surface area contributed by atoms with Gasteiger partial charge in [0, 0.05) is 19.3 Å². The highest BCUT2D eigenvalue weighted by molar-refractivity contribution is 5.71. The van der Waals surface area contributed by atoms with Crippen LogP contribution in [0.15, 0.2) is 158 Å². The molecule has 0 aromatic heterocycles. The molecule has 1 unspecified atom stereocenters. The molecule has 402 valence electrons. The Morgan fingerprint density at radius 1 is 0.292 bits per heavy atom. The fraction of sp³-hybridized carbons (Fsp3) is 0.561. The first kappa shape index (κ1) is 67.0. The van der Waals surface area contributed by atoms with E-state index in [9.17, 15) is 14.4 Å². The monoisotopic (exact) mass is 991 g/mol. The molecule has 0 saturated heterocycles. The van der Waals surface area contributed by atoms with E-state index in [0.717, 1.165) is 109 Å². The van der Waals surface area contributed by atoms with Gasteiger partial charge in [-0.05, 0) is 109 Å². The molecule has 1 atom stereocenters. The van der Waals surface area contributed by atoms with Crippen LogP contribution in [-0.2, 0) is 28.6 Å². The second-order valence-corrected chi connectivity index (χ2v) is 18.1. The molecule has 0 spiro atoms. The molecule has 72 heavy (non-hydrogen) atoms. The second kappa shape index (κ2) is 58.6. The van der Waals surface area contributed by atoms with Crippen molar-refractivity contribution in [1.82, 2.24) is 0 Å². The molecule has 0 fully saturated rings. The third-order valence-corrected chi connectivity index (χ3v) is 11.3. The molecular weight excluding hydrogens is 889 g/mol. The zero-order valence-electron chi connectivity index (χ0n) is 45.9. The average molecular weight is 992 g/mol. The number of unbranched alkanes of at least 4 members (excludes halogenated alkanes) is 12. The lowest BCUT2D eigenvalue weighted by Crippen LogP contribution is -2.30. The lowest BCUT2D eigenvalue weighted by molar-refractivity contribution is -0.166. The molecule has 0 rings (SSSR count). The van der Waals surface area contributed by atoms with Crippen molar-refractivity contribution in [3.05, 3.63) is 158 Å². The fourth-order valence-electron chi connectivity index (χ4n) is 7.10. The van der Waals surface area contributed by atoms with Gasteiger partial charge >= 0.3 is 17.9 Å². The Morgan fingerprint density at radius 2 is 0.569 bits per heavy atom. The standard InChI is InChI=1S/C66H102O6/c1-4-7-10-13-16-19-22-25-27-29-31-32-33-34-36-37-39-41-44-47-50-53-56-59-65(68)71-62-63(61-70-64(67)58-55-52-49-46-43-24-21-18-15-12-9-6-3)72-66(69)60-57-54-51-48-45-42-40-38-35-30-28-26-23-20-17-14-11-8-5-2/h7-8,10-11,16-17,19-20,25-28,31-32,34-36,38-39,41-42,45,47,50-51,54,63H,4-6,9,12-15,18,21-24,29-30,33,37,40,43-44,46,48-49,52-53,55-62H2,1-3H3/b10-7-,11-8-,19-16-,20-17-,27-25-,28-26-,32-31-,36-34-,38-35-,41-39-,45-42-,50-47-,54-51-. The van der Waals surface area contributed by atoms with Crippen molar-refractivity contribution in [3.8, 4) is 0 Å². The summed E-state index contributed by atoms with van der Waals surface area (Å²) in [4.78, 5) is 38.1. The van der Waals surface area contributed by atoms with Crippen LogP contribution in [0, 0.1) is 0 Å². The Hall–Kier alpha value is -4.97. The van der Waals surface area contributed by atoms with Gasteiger partial charge in [0.25, 0.3) is 0 Å². The number of carbonyl (C=O) groups is 3. The van der Waals surface area contributed by atoms with Crippen molar-refractivity contribution in [2.75, 3.05) is 13.2 Å². The van der Waals surface area contributed by atoms with Crippen molar-refractivity contribution in [3.63, 3.8) is 0 Å². The minimum Gasteiger partial charge on any atom is -0.462 e. The van der Waals surface area contributed by atoms with Gasteiger partial charge < -0.3 is 14.2 Å². The Kier molecular flexibility index (Phi) is 54.6. The van der Waals surface area contributed by atoms with Crippen LogP contribution in [0.2, 0.25) is 0 Å². The van der Waals surface area contributed by atoms with Gasteiger partial charge in [-0.1, -0.05) is 249 Å². The van der Waals surface area contributed by atoms with Crippen molar-refractivity contribution in [2.24, 2.45) is 0 Å². The van der Waals surface area contributed by atoms with Crippen LogP contribution in [-0.4, -0.2) is 37.2 Å². The SMILES string of the molecule is CC/C=C\C/C=C\C/C=C\C/C=C\C/C=C\C/C=C\C/C=C\CCCC(=O)OCC(COC(=O)CCCCCCCCCCCCCC)OC(=O)CC/C=C\C/C=C\C/C=C\C/C=C\C/C=C\C/C=C\CC. The van der Waals surface area contributed by atoms with Gasteiger partial charge in [-0.25, -0.2) is 0 Å². The zero-order valence-corrected chi connectivity index (χ0v) is 45.9.